The molecule has 0 radical (unpaired) electrons. The SMILES string of the molecule is C=CC(c1cccc2ccccc12)S(=O)(=O)n1c(C(CC)C(=O)O)cc2cc(Cl)ccc21. The quantitative estimate of drug-likeness (QED) is 0.331. The third-order valence-corrected chi connectivity index (χ3v) is 7.97. The van der Waals surface area contributed by atoms with E-state index in [0.717, 1.165) is 14.7 Å². The average Bonchev–Trinajstić information content (AvgIpc) is 3.13. The molecule has 3 aromatic carbocycles. The van der Waals surface area contributed by atoms with Gasteiger partial charge in [0.05, 0.1) is 11.4 Å². The number of benzene rings is 3. The lowest BCUT2D eigenvalue weighted by Crippen LogP contribution is -2.25. The highest BCUT2D eigenvalue weighted by Crippen LogP contribution is 2.37. The Balaban J connectivity index is 2.03. The first-order valence-corrected chi connectivity index (χ1v) is 12.1. The fraction of sp³-hybridized carbons (Fsp3) is 0.160. The van der Waals surface area contributed by atoms with Crippen molar-refractivity contribution in [2.24, 2.45) is 0 Å². The van der Waals surface area contributed by atoms with Crippen molar-refractivity contribution in [1.29, 1.82) is 0 Å². The van der Waals surface area contributed by atoms with E-state index < -0.39 is 27.2 Å². The fourth-order valence-electron chi connectivity index (χ4n) is 4.24. The minimum Gasteiger partial charge on any atom is -0.481 e. The summed E-state index contributed by atoms with van der Waals surface area (Å²) in [7, 11) is -4.12. The van der Waals surface area contributed by atoms with E-state index in [1.165, 1.54) is 6.08 Å². The molecule has 1 aromatic heterocycles. The van der Waals surface area contributed by atoms with E-state index in [-0.39, 0.29) is 12.1 Å². The minimum atomic E-state index is -4.12. The van der Waals surface area contributed by atoms with Crippen molar-refractivity contribution in [2.45, 2.75) is 24.5 Å². The van der Waals surface area contributed by atoms with E-state index in [0.29, 0.717) is 21.5 Å². The standard InChI is InChI=1S/C25H22ClNO4S/c1-3-19(25(28)29)23-15-17-14-18(26)12-13-22(17)27(23)32(30,31)24(4-2)21-11-7-9-16-8-5-6-10-20(16)21/h4-15,19,24H,2-3H2,1H3,(H,28,29). The summed E-state index contributed by atoms with van der Waals surface area (Å²) in [5, 5.41) is 11.4. The second-order valence-corrected chi connectivity index (χ2v) is 9.94. The molecule has 0 aliphatic carbocycles. The first-order valence-electron chi connectivity index (χ1n) is 10.2. The summed E-state index contributed by atoms with van der Waals surface area (Å²) in [6, 6.07) is 19.5. The topological polar surface area (TPSA) is 76.4 Å². The molecule has 7 heteroatoms. The molecule has 2 unspecified atom stereocenters. The molecule has 0 spiro atoms. The van der Waals surface area contributed by atoms with Crippen molar-refractivity contribution in [2.75, 3.05) is 0 Å². The maximum absolute atomic E-state index is 14.1. The first-order chi connectivity index (χ1) is 15.3. The van der Waals surface area contributed by atoms with Gasteiger partial charge in [0, 0.05) is 16.1 Å². The van der Waals surface area contributed by atoms with E-state index in [2.05, 4.69) is 6.58 Å². The van der Waals surface area contributed by atoms with Crippen LogP contribution in [0.4, 0.5) is 0 Å². The van der Waals surface area contributed by atoms with Crippen LogP contribution in [-0.4, -0.2) is 23.5 Å². The van der Waals surface area contributed by atoms with Crippen LogP contribution in [0.5, 0.6) is 0 Å². The third-order valence-electron chi connectivity index (χ3n) is 5.73. The summed E-state index contributed by atoms with van der Waals surface area (Å²) in [6.07, 6.45) is 1.63. The summed E-state index contributed by atoms with van der Waals surface area (Å²) in [5.74, 6) is -2.08. The third kappa shape index (κ3) is 3.59. The molecule has 4 aromatic rings. The number of aliphatic carboxylic acids is 1. The number of carboxylic acids is 1. The molecule has 0 saturated heterocycles. The Morgan fingerprint density at radius 1 is 1.09 bits per heavy atom. The Labute approximate surface area is 191 Å². The Hall–Kier alpha value is -3.09. The van der Waals surface area contributed by atoms with Crippen molar-refractivity contribution in [3.05, 3.63) is 95.7 Å². The first kappa shape index (κ1) is 22.1. The van der Waals surface area contributed by atoms with E-state index in [4.69, 9.17) is 11.6 Å². The van der Waals surface area contributed by atoms with Gasteiger partial charge in [0.15, 0.2) is 0 Å². The monoisotopic (exact) mass is 467 g/mol. The lowest BCUT2D eigenvalue weighted by Gasteiger charge is -2.21. The summed E-state index contributed by atoms with van der Waals surface area (Å²) in [5.41, 5.74) is 1.17. The summed E-state index contributed by atoms with van der Waals surface area (Å²) < 4.78 is 29.4. The number of rotatable bonds is 7. The second-order valence-electron chi connectivity index (χ2n) is 7.61. The Bertz CT molecular complexity index is 1450. The Morgan fingerprint density at radius 3 is 2.50 bits per heavy atom. The maximum atomic E-state index is 14.1. The lowest BCUT2D eigenvalue weighted by molar-refractivity contribution is -0.138. The van der Waals surface area contributed by atoms with Gasteiger partial charge in [-0.25, -0.2) is 12.4 Å². The normalized spacial score (nSPS) is 13.8. The van der Waals surface area contributed by atoms with Gasteiger partial charge in [0.2, 0.25) is 10.0 Å². The van der Waals surface area contributed by atoms with Crippen molar-refractivity contribution in [3.8, 4) is 0 Å². The molecule has 0 aliphatic heterocycles. The molecular formula is C25H22ClNO4S. The zero-order chi connectivity index (χ0) is 23.0. The molecule has 0 bridgehead atoms. The summed E-state index contributed by atoms with van der Waals surface area (Å²) >= 11 is 6.13. The number of hydrogen-bond acceptors (Lipinski definition) is 3. The molecule has 164 valence electrons. The van der Waals surface area contributed by atoms with E-state index in [9.17, 15) is 18.3 Å². The van der Waals surface area contributed by atoms with Crippen molar-refractivity contribution in [1.82, 2.24) is 3.97 Å². The molecule has 5 nitrogen and oxygen atoms in total. The molecule has 4 rings (SSSR count). The fourth-order valence-corrected chi connectivity index (χ4v) is 6.33. The van der Waals surface area contributed by atoms with E-state index >= 15 is 0 Å². The molecule has 2 atom stereocenters. The van der Waals surface area contributed by atoms with Gasteiger partial charge in [-0.1, -0.05) is 67.1 Å². The predicted octanol–water partition coefficient (Wildman–Crippen LogP) is 6.13. The molecule has 0 amide bonds. The van der Waals surface area contributed by atoms with Crippen LogP contribution >= 0.6 is 11.6 Å². The van der Waals surface area contributed by atoms with Crippen LogP contribution in [-0.2, 0) is 14.8 Å². The van der Waals surface area contributed by atoms with Crippen LogP contribution in [0.25, 0.3) is 21.7 Å². The van der Waals surface area contributed by atoms with Gasteiger partial charge in [-0.05, 0) is 47.0 Å². The molecule has 32 heavy (non-hydrogen) atoms. The number of nitrogens with zero attached hydrogens (tertiary/aromatic N) is 1. The highest BCUT2D eigenvalue weighted by Gasteiger charge is 2.34. The van der Waals surface area contributed by atoms with Gasteiger partial charge < -0.3 is 5.11 Å². The molecule has 1 heterocycles. The van der Waals surface area contributed by atoms with Crippen molar-refractivity contribution >= 4 is 49.3 Å². The van der Waals surface area contributed by atoms with Crippen LogP contribution in [0, 0.1) is 0 Å². The Kier molecular flexibility index (Phi) is 5.84. The number of carbonyl (C=O) groups is 1. The maximum Gasteiger partial charge on any atom is 0.312 e. The molecule has 1 N–H and O–H groups in total. The smallest absolute Gasteiger partial charge is 0.312 e. The highest BCUT2D eigenvalue weighted by atomic mass is 35.5. The summed E-state index contributed by atoms with van der Waals surface area (Å²) in [6.45, 7) is 5.53. The molecule has 0 saturated carbocycles. The molecule has 0 aliphatic rings. The number of aromatic nitrogens is 1. The number of fused-ring (bicyclic) bond motifs is 2. The van der Waals surface area contributed by atoms with Crippen LogP contribution in [0.3, 0.4) is 0 Å². The number of hydrogen-bond donors (Lipinski definition) is 1. The van der Waals surface area contributed by atoms with Gasteiger partial charge in [-0.2, -0.15) is 0 Å². The highest BCUT2D eigenvalue weighted by molar-refractivity contribution is 7.90. The predicted molar refractivity (Wildman–Crippen MR) is 129 cm³/mol. The van der Waals surface area contributed by atoms with Crippen LogP contribution in [0.1, 0.15) is 35.8 Å². The number of halogens is 1. The second kappa shape index (κ2) is 8.45. The van der Waals surface area contributed by atoms with Gasteiger partial charge in [-0.3, -0.25) is 4.79 Å². The van der Waals surface area contributed by atoms with Gasteiger partial charge >= 0.3 is 5.97 Å². The molecular weight excluding hydrogens is 446 g/mol. The average molecular weight is 468 g/mol. The summed E-state index contributed by atoms with van der Waals surface area (Å²) in [4.78, 5) is 12.0. The van der Waals surface area contributed by atoms with Gasteiger partial charge in [-0.15, -0.1) is 6.58 Å². The van der Waals surface area contributed by atoms with Crippen LogP contribution in [0.2, 0.25) is 5.02 Å². The largest absolute Gasteiger partial charge is 0.481 e. The van der Waals surface area contributed by atoms with Gasteiger partial charge in [0.25, 0.3) is 0 Å². The van der Waals surface area contributed by atoms with Crippen LogP contribution in [0.15, 0.2) is 79.4 Å². The molecule has 0 fully saturated rings. The van der Waals surface area contributed by atoms with E-state index in [1.807, 2.05) is 36.4 Å². The Morgan fingerprint density at radius 2 is 1.81 bits per heavy atom. The van der Waals surface area contributed by atoms with Gasteiger partial charge in [0.1, 0.15) is 5.25 Å². The lowest BCUT2D eigenvalue weighted by atomic mass is 10.0. The number of carboxylic acid groups (broad SMARTS) is 1. The van der Waals surface area contributed by atoms with Crippen molar-refractivity contribution in [3.63, 3.8) is 0 Å². The zero-order valence-electron chi connectivity index (χ0n) is 17.4. The van der Waals surface area contributed by atoms with Crippen LogP contribution < -0.4 is 0 Å². The van der Waals surface area contributed by atoms with E-state index in [1.54, 1.807) is 37.3 Å². The van der Waals surface area contributed by atoms with Crippen molar-refractivity contribution < 1.29 is 18.3 Å². The zero-order valence-corrected chi connectivity index (χ0v) is 19.0. The minimum absolute atomic E-state index is 0.198.